The second-order valence-electron chi connectivity index (χ2n) is 5.68. The van der Waals surface area contributed by atoms with Gasteiger partial charge in [-0.2, -0.15) is 0 Å². The van der Waals surface area contributed by atoms with E-state index in [9.17, 15) is 9.59 Å². The fourth-order valence-electron chi connectivity index (χ4n) is 2.57. The number of urea groups is 1. The van der Waals surface area contributed by atoms with Gasteiger partial charge in [-0.3, -0.25) is 4.79 Å². The van der Waals surface area contributed by atoms with Crippen LogP contribution < -0.4 is 0 Å². The maximum absolute atomic E-state index is 12.4. The zero-order valence-electron chi connectivity index (χ0n) is 12.4. The Kier molecular flexibility index (Phi) is 6.78. The molecule has 6 nitrogen and oxygen atoms in total. The fraction of sp³-hybridized carbons (Fsp3) is 0.857. The number of piperidine rings is 1. The minimum atomic E-state index is -0.762. The molecule has 1 heterocycles. The molecule has 2 amide bonds. The van der Waals surface area contributed by atoms with Gasteiger partial charge < -0.3 is 20.0 Å². The number of amides is 2. The van der Waals surface area contributed by atoms with Gasteiger partial charge in [-0.1, -0.05) is 0 Å². The van der Waals surface area contributed by atoms with E-state index >= 15 is 0 Å². The highest BCUT2D eigenvalue weighted by Gasteiger charge is 2.28. The summed E-state index contributed by atoms with van der Waals surface area (Å²) in [4.78, 5) is 26.7. The van der Waals surface area contributed by atoms with Crippen LogP contribution in [0.15, 0.2) is 0 Å². The Balaban J connectivity index is 2.49. The van der Waals surface area contributed by atoms with Crippen molar-refractivity contribution in [1.29, 1.82) is 0 Å². The monoisotopic (exact) mass is 286 g/mol. The van der Waals surface area contributed by atoms with Crippen LogP contribution in [0.5, 0.6) is 0 Å². The predicted octanol–water partition coefficient (Wildman–Crippen LogP) is 1.39. The lowest BCUT2D eigenvalue weighted by atomic mass is 9.94. The summed E-state index contributed by atoms with van der Waals surface area (Å²) >= 11 is 0. The summed E-state index contributed by atoms with van der Waals surface area (Å²) in [5.41, 5.74) is 0. The van der Waals surface area contributed by atoms with Crippen molar-refractivity contribution in [3.05, 3.63) is 0 Å². The minimum absolute atomic E-state index is 0.00206. The molecular formula is C14H26N2O4. The zero-order chi connectivity index (χ0) is 15.1. The largest absolute Gasteiger partial charge is 0.481 e. The summed E-state index contributed by atoms with van der Waals surface area (Å²) < 4.78 is 0. The van der Waals surface area contributed by atoms with Gasteiger partial charge in [0, 0.05) is 38.7 Å². The third-order valence-corrected chi connectivity index (χ3v) is 3.77. The van der Waals surface area contributed by atoms with Crippen molar-refractivity contribution in [2.45, 2.75) is 45.6 Å². The molecule has 0 bridgehead atoms. The van der Waals surface area contributed by atoms with E-state index in [1.807, 2.05) is 13.8 Å². The number of nitrogens with zero attached hydrogens (tertiary/aromatic N) is 2. The summed E-state index contributed by atoms with van der Waals surface area (Å²) in [5, 5.41) is 17.7. The molecule has 0 radical (unpaired) electrons. The van der Waals surface area contributed by atoms with Crippen molar-refractivity contribution in [1.82, 2.24) is 9.80 Å². The number of likely N-dealkylation sites (tertiary alicyclic amines) is 1. The van der Waals surface area contributed by atoms with Gasteiger partial charge in [-0.05, 0) is 39.0 Å². The number of aliphatic hydroxyl groups is 1. The van der Waals surface area contributed by atoms with Crippen LogP contribution >= 0.6 is 0 Å². The Bertz CT molecular complexity index is 325. The van der Waals surface area contributed by atoms with E-state index in [1.165, 1.54) is 0 Å². The first-order chi connectivity index (χ1) is 9.45. The lowest BCUT2D eigenvalue weighted by molar-refractivity contribution is -0.138. The molecule has 0 saturated carbocycles. The smallest absolute Gasteiger partial charge is 0.320 e. The van der Waals surface area contributed by atoms with Gasteiger partial charge in [0.25, 0.3) is 0 Å². The van der Waals surface area contributed by atoms with Crippen molar-refractivity contribution in [3.8, 4) is 0 Å². The van der Waals surface area contributed by atoms with Crippen LogP contribution in [0.2, 0.25) is 0 Å². The van der Waals surface area contributed by atoms with Crippen LogP contribution in [0.3, 0.4) is 0 Å². The third-order valence-electron chi connectivity index (χ3n) is 3.77. The number of carboxylic acid groups (broad SMARTS) is 1. The van der Waals surface area contributed by atoms with Gasteiger partial charge in [0.2, 0.25) is 0 Å². The molecule has 0 atom stereocenters. The topological polar surface area (TPSA) is 81.1 Å². The Hall–Kier alpha value is -1.30. The maximum Gasteiger partial charge on any atom is 0.320 e. The molecule has 1 rings (SSSR count). The molecule has 0 aromatic rings. The molecule has 1 fully saturated rings. The van der Waals surface area contributed by atoms with E-state index in [0.717, 1.165) is 12.8 Å². The molecule has 0 spiro atoms. The summed E-state index contributed by atoms with van der Waals surface area (Å²) in [6.45, 7) is 5.82. The third kappa shape index (κ3) is 5.00. The Morgan fingerprint density at radius 3 is 2.35 bits per heavy atom. The first-order valence-corrected chi connectivity index (χ1v) is 7.34. The zero-order valence-corrected chi connectivity index (χ0v) is 12.4. The van der Waals surface area contributed by atoms with Crippen LogP contribution in [0.25, 0.3) is 0 Å². The van der Waals surface area contributed by atoms with Crippen molar-refractivity contribution >= 4 is 12.0 Å². The summed E-state index contributed by atoms with van der Waals surface area (Å²) in [5.74, 6) is -0.581. The molecule has 6 heteroatoms. The number of aliphatic hydroxyl groups excluding tert-OH is 1. The maximum atomic E-state index is 12.4. The van der Waals surface area contributed by atoms with Gasteiger partial charge in [0.15, 0.2) is 0 Å². The van der Waals surface area contributed by atoms with Crippen molar-refractivity contribution < 1.29 is 19.8 Å². The van der Waals surface area contributed by atoms with Crippen molar-refractivity contribution in [2.24, 2.45) is 5.92 Å². The first kappa shape index (κ1) is 16.8. The molecule has 1 aliphatic heterocycles. The van der Waals surface area contributed by atoms with Crippen molar-refractivity contribution in [3.63, 3.8) is 0 Å². The predicted molar refractivity (Wildman–Crippen MR) is 75.5 cm³/mol. The summed E-state index contributed by atoms with van der Waals surface area (Å²) in [6.07, 6.45) is 2.29. The van der Waals surface area contributed by atoms with E-state index in [-0.39, 0.29) is 31.0 Å². The van der Waals surface area contributed by atoms with Gasteiger partial charge >= 0.3 is 12.0 Å². The molecule has 20 heavy (non-hydrogen) atoms. The number of hydrogen-bond acceptors (Lipinski definition) is 3. The van der Waals surface area contributed by atoms with Gasteiger partial charge in [-0.25, -0.2) is 4.79 Å². The molecule has 0 aromatic carbocycles. The highest BCUT2D eigenvalue weighted by molar-refractivity contribution is 5.75. The van der Waals surface area contributed by atoms with E-state index in [0.29, 0.717) is 26.1 Å². The number of carbonyl (C=O) groups excluding carboxylic acids is 1. The number of hydrogen-bond donors (Lipinski definition) is 2. The van der Waals surface area contributed by atoms with Crippen LogP contribution in [0.1, 0.15) is 39.5 Å². The molecule has 116 valence electrons. The number of carboxylic acids is 1. The molecule has 2 N–H and O–H groups in total. The standard InChI is InChI=1S/C14H26N2O4/c1-11(2)16(6-3-9-17)14(20)15-7-4-12(5-8-15)10-13(18)19/h11-12,17H,3-10H2,1-2H3,(H,18,19). The van der Waals surface area contributed by atoms with E-state index in [2.05, 4.69) is 0 Å². The number of aliphatic carboxylic acids is 1. The molecule has 1 aliphatic rings. The van der Waals surface area contributed by atoms with E-state index < -0.39 is 5.97 Å². The number of carbonyl (C=O) groups is 2. The van der Waals surface area contributed by atoms with Gasteiger partial charge in [0.1, 0.15) is 0 Å². The molecular weight excluding hydrogens is 260 g/mol. The summed E-state index contributed by atoms with van der Waals surface area (Å²) in [7, 11) is 0. The SMILES string of the molecule is CC(C)N(CCCO)C(=O)N1CCC(CC(=O)O)CC1. The lowest BCUT2D eigenvalue weighted by Crippen LogP contribution is -2.49. The Labute approximate surface area is 120 Å². The van der Waals surface area contributed by atoms with Crippen LogP contribution in [0.4, 0.5) is 4.79 Å². The average Bonchev–Trinajstić information content (AvgIpc) is 2.38. The van der Waals surface area contributed by atoms with Gasteiger partial charge in [-0.15, -0.1) is 0 Å². The molecule has 1 saturated heterocycles. The minimum Gasteiger partial charge on any atom is -0.481 e. The first-order valence-electron chi connectivity index (χ1n) is 7.34. The second-order valence-corrected chi connectivity index (χ2v) is 5.68. The van der Waals surface area contributed by atoms with E-state index in [4.69, 9.17) is 10.2 Å². The molecule has 0 aliphatic carbocycles. The Morgan fingerprint density at radius 1 is 1.30 bits per heavy atom. The normalized spacial score (nSPS) is 16.5. The lowest BCUT2D eigenvalue weighted by Gasteiger charge is -2.37. The highest BCUT2D eigenvalue weighted by Crippen LogP contribution is 2.21. The second kappa shape index (κ2) is 8.09. The van der Waals surface area contributed by atoms with Gasteiger partial charge in [0.05, 0.1) is 0 Å². The quantitative estimate of drug-likeness (QED) is 0.773. The van der Waals surface area contributed by atoms with Crippen LogP contribution in [0, 0.1) is 5.92 Å². The molecule has 0 unspecified atom stereocenters. The highest BCUT2D eigenvalue weighted by atomic mass is 16.4. The van der Waals surface area contributed by atoms with Crippen LogP contribution in [-0.2, 0) is 4.79 Å². The van der Waals surface area contributed by atoms with Crippen LogP contribution in [-0.4, -0.2) is 64.3 Å². The summed E-state index contributed by atoms with van der Waals surface area (Å²) in [6, 6.07) is 0.105. The Morgan fingerprint density at radius 2 is 1.90 bits per heavy atom. The molecule has 0 aromatic heterocycles. The fourth-order valence-corrected chi connectivity index (χ4v) is 2.57. The average molecular weight is 286 g/mol. The van der Waals surface area contributed by atoms with Crippen molar-refractivity contribution in [2.75, 3.05) is 26.2 Å². The number of rotatable bonds is 6. The van der Waals surface area contributed by atoms with E-state index in [1.54, 1.807) is 9.80 Å².